The van der Waals surface area contributed by atoms with Crippen molar-refractivity contribution in [2.24, 2.45) is 0 Å². The summed E-state index contributed by atoms with van der Waals surface area (Å²) in [6.07, 6.45) is -3.23. The van der Waals surface area contributed by atoms with Crippen LogP contribution in [0.5, 0.6) is 0 Å². The summed E-state index contributed by atoms with van der Waals surface area (Å²) in [6, 6.07) is 2.25. The Morgan fingerprint density at radius 3 is 2.33 bits per heavy atom. The molecule has 0 amide bonds. The van der Waals surface area contributed by atoms with Crippen LogP contribution in [-0.2, 0) is 6.18 Å². The highest BCUT2D eigenvalue weighted by Crippen LogP contribution is 2.27. The van der Waals surface area contributed by atoms with Crippen molar-refractivity contribution in [2.75, 3.05) is 0 Å². The molecule has 0 saturated heterocycles. The van der Waals surface area contributed by atoms with Crippen LogP contribution >= 0.6 is 0 Å². The molecule has 0 fully saturated rings. The van der Waals surface area contributed by atoms with Gasteiger partial charge in [-0.3, -0.25) is 0 Å². The zero-order valence-corrected chi connectivity index (χ0v) is 6.10. The number of nitrogens with two attached hydrogens (primary N) is 1. The van der Waals surface area contributed by atoms with E-state index in [1.54, 1.807) is 0 Å². The third kappa shape index (κ3) is 1.94. The molecule has 0 saturated carbocycles. The predicted molar refractivity (Wildman–Crippen MR) is 36.2 cm³/mol. The Balaban J connectivity index is 2.93. The van der Waals surface area contributed by atoms with E-state index in [9.17, 15) is 13.2 Å². The third-order valence-corrected chi connectivity index (χ3v) is 1.31. The van der Waals surface area contributed by atoms with Crippen LogP contribution in [0.3, 0.4) is 0 Å². The Morgan fingerprint density at radius 2 is 2.00 bits per heavy atom. The van der Waals surface area contributed by atoms with Gasteiger partial charge in [0.2, 0.25) is 0 Å². The zero-order chi connectivity index (χ0) is 9.19. The van der Waals surface area contributed by atoms with Crippen molar-refractivity contribution in [3.8, 4) is 0 Å². The van der Waals surface area contributed by atoms with E-state index < -0.39 is 11.9 Å². The number of hydrogen-bond donors (Lipinski definition) is 1. The van der Waals surface area contributed by atoms with Gasteiger partial charge in [0.05, 0.1) is 6.20 Å². The van der Waals surface area contributed by atoms with Crippen molar-refractivity contribution < 1.29 is 18.5 Å². The van der Waals surface area contributed by atoms with Gasteiger partial charge < -0.3 is 5.32 Å². The summed E-state index contributed by atoms with van der Waals surface area (Å²) in [4.78, 5) is 3.22. The molecule has 0 aliphatic carbocycles. The van der Waals surface area contributed by atoms with Crippen LogP contribution in [0, 0.1) is 7.05 Å². The van der Waals surface area contributed by atoms with Gasteiger partial charge in [0.1, 0.15) is 11.4 Å². The summed E-state index contributed by atoms with van der Waals surface area (Å²) in [5.41, 5.74) is -0.309. The van der Waals surface area contributed by atoms with Gasteiger partial charge in [-0.1, -0.05) is 0 Å². The molecular formula is C7H7F3N2. The van der Waals surface area contributed by atoms with E-state index in [1.807, 2.05) is 0 Å². The molecule has 1 aromatic rings. The maximum Gasteiger partial charge on any atom is 0.433 e. The maximum atomic E-state index is 11.9. The van der Waals surface area contributed by atoms with E-state index in [0.29, 0.717) is 5.69 Å². The molecule has 5 heteroatoms. The summed E-state index contributed by atoms with van der Waals surface area (Å²) in [6.45, 7) is 0. The number of nitrogens with zero attached hydrogens (tertiary/aromatic N) is 1. The number of aromatic nitrogens is 1. The molecule has 0 unspecified atom stereocenters. The van der Waals surface area contributed by atoms with Gasteiger partial charge in [-0.2, -0.15) is 13.2 Å². The van der Waals surface area contributed by atoms with E-state index >= 15 is 0 Å². The molecule has 0 spiro atoms. The Labute approximate surface area is 67.4 Å². The molecule has 1 aromatic heterocycles. The first-order valence-corrected chi connectivity index (χ1v) is 3.20. The maximum absolute atomic E-state index is 11.9. The fourth-order valence-corrected chi connectivity index (χ4v) is 0.694. The number of alkyl halides is 3. The smallest absolute Gasteiger partial charge is 0.433 e. The molecule has 12 heavy (non-hydrogen) atoms. The molecular weight excluding hydrogens is 169 g/mol. The van der Waals surface area contributed by atoms with E-state index in [4.69, 9.17) is 0 Å². The Morgan fingerprint density at radius 1 is 1.33 bits per heavy atom. The highest BCUT2D eigenvalue weighted by Gasteiger charge is 2.32. The zero-order valence-electron chi connectivity index (χ0n) is 6.10. The second-order valence-corrected chi connectivity index (χ2v) is 2.18. The molecule has 66 valence electrons. The summed E-state index contributed by atoms with van der Waals surface area (Å²) in [5, 5.41) is 1.44. The first-order valence-electron chi connectivity index (χ1n) is 3.20. The van der Waals surface area contributed by atoms with Gasteiger partial charge >= 0.3 is 6.18 Å². The highest BCUT2D eigenvalue weighted by molar-refractivity contribution is 5.26. The van der Waals surface area contributed by atoms with Crippen LogP contribution in [0.15, 0.2) is 18.3 Å². The highest BCUT2D eigenvalue weighted by atomic mass is 19.4. The van der Waals surface area contributed by atoms with Crippen LogP contribution in [0.25, 0.3) is 0 Å². The largest absolute Gasteiger partial charge is 0.444 e. The predicted octanol–water partition coefficient (Wildman–Crippen LogP) is 1.09. The standard InChI is InChI=1S/C7H7F3N2/c1-11-5-2-3-6(12-4-5)7(8,9)10/h2-4H,1,11H2. The molecule has 0 aliphatic rings. The molecule has 0 radical (unpaired) electrons. The van der Waals surface area contributed by atoms with Crippen LogP contribution in [0.2, 0.25) is 0 Å². The lowest BCUT2D eigenvalue weighted by Gasteiger charge is -2.05. The van der Waals surface area contributed by atoms with Crippen molar-refractivity contribution in [3.63, 3.8) is 0 Å². The summed E-state index contributed by atoms with van der Waals surface area (Å²) in [5.74, 6) is 0. The summed E-state index contributed by atoms with van der Waals surface area (Å²) >= 11 is 0. The van der Waals surface area contributed by atoms with Gasteiger partial charge in [-0.25, -0.2) is 4.98 Å². The Kier molecular flexibility index (Phi) is 2.32. The van der Waals surface area contributed by atoms with Gasteiger partial charge in [-0.05, 0) is 6.07 Å². The number of rotatable bonds is 1. The van der Waals surface area contributed by atoms with Gasteiger partial charge in [0.15, 0.2) is 0 Å². The number of halogens is 3. The average molecular weight is 176 g/mol. The van der Waals surface area contributed by atoms with E-state index in [-0.39, 0.29) is 0 Å². The lowest BCUT2D eigenvalue weighted by Crippen LogP contribution is -2.69. The van der Waals surface area contributed by atoms with Crippen LogP contribution in [-0.4, -0.2) is 4.98 Å². The topological polar surface area (TPSA) is 29.5 Å². The van der Waals surface area contributed by atoms with Crippen molar-refractivity contribution in [1.29, 1.82) is 0 Å². The van der Waals surface area contributed by atoms with Gasteiger partial charge in [0.25, 0.3) is 0 Å². The lowest BCUT2D eigenvalue weighted by atomic mass is 10.3. The van der Waals surface area contributed by atoms with Gasteiger partial charge in [-0.15, -0.1) is 7.05 Å². The lowest BCUT2D eigenvalue weighted by molar-refractivity contribution is -0.505. The molecule has 2 N–H and O–H groups in total. The minimum atomic E-state index is -4.36. The minimum Gasteiger partial charge on any atom is -0.444 e. The first kappa shape index (κ1) is 8.99. The number of hydrogen-bond acceptors (Lipinski definition) is 1. The second kappa shape index (κ2) is 3.10. The van der Waals surface area contributed by atoms with E-state index in [2.05, 4.69) is 12.0 Å². The number of pyridine rings is 1. The Hall–Kier alpha value is -1.10. The first-order chi connectivity index (χ1) is 5.54. The number of quaternary nitrogens is 1. The molecule has 2 nitrogen and oxygen atoms in total. The van der Waals surface area contributed by atoms with Crippen molar-refractivity contribution >= 4 is 5.69 Å². The molecule has 0 aromatic carbocycles. The van der Waals surface area contributed by atoms with Crippen LogP contribution in [0.4, 0.5) is 18.9 Å². The van der Waals surface area contributed by atoms with Crippen LogP contribution in [0.1, 0.15) is 5.69 Å². The monoisotopic (exact) mass is 176 g/mol. The van der Waals surface area contributed by atoms with E-state index in [0.717, 1.165) is 12.3 Å². The van der Waals surface area contributed by atoms with Crippen LogP contribution < -0.4 is 5.32 Å². The van der Waals surface area contributed by atoms with Gasteiger partial charge in [0, 0.05) is 6.07 Å². The molecule has 0 aliphatic heterocycles. The SMILES string of the molecule is [CH2-][NH2+]c1ccc(C(F)(F)F)nc1. The quantitative estimate of drug-likeness (QED) is 0.637. The normalized spacial score (nSPS) is 11.7. The molecule has 1 heterocycles. The van der Waals surface area contributed by atoms with Crippen molar-refractivity contribution in [3.05, 3.63) is 31.1 Å². The fourth-order valence-electron chi connectivity index (χ4n) is 0.694. The molecule has 0 atom stereocenters. The second-order valence-electron chi connectivity index (χ2n) is 2.18. The molecule has 1 rings (SSSR count). The summed E-state index contributed by atoms with van der Waals surface area (Å²) < 4.78 is 35.8. The van der Waals surface area contributed by atoms with Crippen molar-refractivity contribution in [2.45, 2.75) is 6.18 Å². The third-order valence-electron chi connectivity index (χ3n) is 1.31. The van der Waals surface area contributed by atoms with Crippen molar-refractivity contribution in [1.82, 2.24) is 4.98 Å². The fraction of sp³-hybridized carbons (Fsp3) is 0.143. The average Bonchev–Trinajstić information content (AvgIpc) is 2.03. The molecule has 0 bridgehead atoms. The summed E-state index contributed by atoms with van der Waals surface area (Å²) in [7, 11) is 3.40. The Bertz CT molecular complexity index is 252. The minimum absolute atomic E-state index is 0.572. The van der Waals surface area contributed by atoms with E-state index in [1.165, 1.54) is 11.4 Å².